The van der Waals surface area contributed by atoms with Gasteiger partial charge in [-0.25, -0.2) is 0 Å². The predicted octanol–water partition coefficient (Wildman–Crippen LogP) is 2.69. The summed E-state index contributed by atoms with van der Waals surface area (Å²) in [5.74, 6) is 0.236. The summed E-state index contributed by atoms with van der Waals surface area (Å²) in [6.45, 7) is 1.61. The fourth-order valence-electron chi connectivity index (χ4n) is 3.78. The maximum Gasteiger partial charge on any atom is 0.317 e. The Hall–Kier alpha value is -2.07. The molecule has 0 aromatic heterocycles. The van der Waals surface area contributed by atoms with Gasteiger partial charge in [-0.15, -0.1) is 0 Å². The van der Waals surface area contributed by atoms with Crippen LogP contribution in [0.1, 0.15) is 18.4 Å². The number of ether oxygens (including phenoxy) is 1. The average Bonchev–Trinajstić information content (AvgIpc) is 2.89. The van der Waals surface area contributed by atoms with Crippen molar-refractivity contribution in [2.75, 3.05) is 19.6 Å². The fourth-order valence-corrected chi connectivity index (χ4v) is 3.78. The summed E-state index contributed by atoms with van der Waals surface area (Å²) in [6, 6.07) is 12.6. The molecule has 1 unspecified atom stereocenters. The average molecular weight is 297 g/mol. The first-order chi connectivity index (χ1) is 10.7. The molecule has 2 aromatic rings. The van der Waals surface area contributed by atoms with Gasteiger partial charge in [0.25, 0.3) is 0 Å². The van der Waals surface area contributed by atoms with Crippen molar-refractivity contribution in [2.45, 2.75) is 24.9 Å². The molecule has 0 aliphatic carbocycles. The molecule has 0 radical (unpaired) electrons. The molecule has 4 heteroatoms. The fraction of sp³-hybridized carbons (Fsp3) is 0.389. The van der Waals surface area contributed by atoms with Crippen LogP contribution in [0.5, 0.6) is 5.75 Å². The van der Waals surface area contributed by atoms with E-state index in [9.17, 15) is 4.79 Å². The highest BCUT2D eigenvalue weighted by Gasteiger charge is 2.43. The summed E-state index contributed by atoms with van der Waals surface area (Å²) in [7, 11) is 0. The third-order valence-corrected chi connectivity index (χ3v) is 4.88. The third-order valence-electron chi connectivity index (χ3n) is 4.88. The minimum absolute atomic E-state index is 0.105. The zero-order valence-electron chi connectivity index (χ0n) is 12.4. The van der Waals surface area contributed by atoms with Crippen LogP contribution >= 0.6 is 0 Å². The number of carboxylic acids is 1. The summed E-state index contributed by atoms with van der Waals surface area (Å²) in [4.78, 5) is 12.9. The topological polar surface area (TPSA) is 49.8 Å². The predicted molar refractivity (Wildman–Crippen MR) is 84.3 cm³/mol. The Labute approximate surface area is 129 Å². The van der Waals surface area contributed by atoms with Crippen molar-refractivity contribution in [1.82, 2.24) is 4.90 Å². The monoisotopic (exact) mass is 297 g/mol. The van der Waals surface area contributed by atoms with Crippen LogP contribution in [0.3, 0.4) is 0 Å². The highest BCUT2D eigenvalue weighted by molar-refractivity contribution is 5.89. The Morgan fingerprint density at radius 1 is 1.23 bits per heavy atom. The molecule has 0 bridgehead atoms. The first-order valence-corrected chi connectivity index (χ1v) is 7.79. The number of benzene rings is 2. The largest absolute Gasteiger partial charge is 0.485 e. The molecule has 22 heavy (non-hydrogen) atoms. The van der Waals surface area contributed by atoms with Crippen molar-refractivity contribution in [1.29, 1.82) is 0 Å². The van der Waals surface area contributed by atoms with Gasteiger partial charge in [0.1, 0.15) is 11.4 Å². The number of carboxylic acid groups (broad SMARTS) is 1. The molecule has 1 spiro atoms. The van der Waals surface area contributed by atoms with E-state index in [-0.39, 0.29) is 12.1 Å². The van der Waals surface area contributed by atoms with E-state index in [4.69, 9.17) is 9.84 Å². The number of hydrogen-bond acceptors (Lipinski definition) is 3. The van der Waals surface area contributed by atoms with Gasteiger partial charge in [-0.05, 0) is 23.8 Å². The standard InChI is InChI=1S/C18H19NO3/c20-16(21)11-19-10-9-18(12-19)8-7-14-6-5-13-3-1-2-4-15(13)17(14)22-18/h1-6H,7-12H2,(H,20,21). The summed E-state index contributed by atoms with van der Waals surface area (Å²) in [6.07, 6.45) is 2.87. The van der Waals surface area contributed by atoms with Gasteiger partial charge in [0.05, 0.1) is 6.54 Å². The second-order valence-corrected chi connectivity index (χ2v) is 6.41. The smallest absolute Gasteiger partial charge is 0.317 e. The summed E-state index contributed by atoms with van der Waals surface area (Å²) < 4.78 is 6.47. The number of fused-ring (bicyclic) bond motifs is 3. The van der Waals surface area contributed by atoms with Crippen LogP contribution in [-0.4, -0.2) is 41.2 Å². The van der Waals surface area contributed by atoms with Crippen LogP contribution < -0.4 is 4.74 Å². The second-order valence-electron chi connectivity index (χ2n) is 6.41. The SMILES string of the molecule is O=C(O)CN1CCC2(CCc3ccc4ccccc4c3O2)C1. The minimum Gasteiger partial charge on any atom is -0.485 e. The van der Waals surface area contributed by atoms with Crippen LogP contribution in [-0.2, 0) is 11.2 Å². The van der Waals surface area contributed by atoms with Gasteiger partial charge in [-0.3, -0.25) is 9.69 Å². The van der Waals surface area contributed by atoms with E-state index in [0.717, 1.165) is 36.9 Å². The van der Waals surface area contributed by atoms with Crippen molar-refractivity contribution in [3.63, 3.8) is 0 Å². The first-order valence-electron chi connectivity index (χ1n) is 7.79. The van der Waals surface area contributed by atoms with Crippen molar-refractivity contribution in [2.24, 2.45) is 0 Å². The second kappa shape index (κ2) is 4.99. The van der Waals surface area contributed by atoms with Gasteiger partial charge in [-0.1, -0.05) is 36.4 Å². The Morgan fingerprint density at radius 2 is 2.09 bits per heavy atom. The minimum atomic E-state index is -0.765. The Bertz CT molecular complexity index is 742. The van der Waals surface area contributed by atoms with E-state index in [1.165, 1.54) is 10.9 Å². The van der Waals surface area contributed by atoms with Crippen LogP contribution in [0.15, 0.2) is 36.4 Å². The maximum absolute atomic E-state index is 10.9. The van der Waals surface area contributed by atoms with Gasteiger partial charge >= 0.3 is 5.97 Å². The summed E-state index contributed by atoms with van der Waals surface area (Å²) >= 11 is 0. The van der Waals surface area contributed by atoms with Gasteiger partial charge in [0.15, 0.2) is 0 Å². The van der Waals surface area contributed by atoms with Crippen molar-refractivity contribution in [3.8, 4) is 5.75 Å². The molecular formula is C18H19NO3. The number of carbonyl (C=O) groups is 1. The summed E-state index contributed by atoms with van der Waals surface area (Å²) in [5.41, 5.74) is 1.05. The lowest BCUT2D eigenvalue weighted by atomic mass is 9.89. The van der Waals surface area contributed by atoms with E-state index in [1.54, 1.807) is 0 Å². The first kappa shape index (κ1) is 13.6. The number of aryl methyl sites for hydroxylation is 1. The molecule has 1 fully saturated rings. The Morgan fingerprint density at radius 3 is 2.95 bits per heavy atom. The zero-order chi connectivity index (χ0) is 15.2. The number of aliphatic carboxylic acids is 1. The number of likely N-dealkylation sites (tertiary alicyclic amines) is 1. The number of nitrogens with zero attached hydrogens (tertiary/aromatic N) is 1. The van der Waals surface area contributed by atoms with Crippen molar-refractivity contribution < 1.29 is 14.6 Å². The third kappa shape index (κ3) is 2.24. The van der Waals surface area contributed by atoms with E-state index in [1.807, 2.05) is 17.0 Å². The molecule has 1 saturated heterocycles. The van der Waals surface area contributed by atoms with Gasteiger partial charge in [0, 0.05) is 24.9 Å². The van der Waals surface area contributed by atoms with Gasteiger partial charge < -0.3 is 9.84 Å². The molecule has 0 saturated carbocycles. The van der Waals surface area contributed by atoms with Crippen LogP contribution in [0.2, 0.25) is 0 Å². The molecular weight excluding hydrogens is 278 g/mol. The highest BCUT2D eigenvalue weighted by Crippen LogP contribution is 2.42. The maximum atomic E-state index is 10.9. The van der Waals surface area contributed by atoms with Crippen LogP contribution in [0.25, 0.3) is 10.8 Å². The molecule has 2 heterocycles. The Kier molecular flexibility index (Phi) is 3.08. The normalized spacial score (nSPS) is 24.4. The quantitative estimate of drug-likeness (QED) is 0.926. The molecule has 4 rings (SSSR count). The van der Waals surface area contributed by atoms with Crippen LogP contribution in [0.4, 0.5) is 0 Å². The van der Waals surface area contributed by atoms with E-state index in [0.29, 0.717) is 6.54 Å². The van der Waals surface area contributed by atoms with Gasteiger partial charge in [0.2, 0.25) is 0 Å². The van der Waals surface area contributed by atoms with Crippen molar-refractivity contribution in [3.05, 3.63) is 42.0 Å². The van der Waals surface area contributed by atoms with Crippen LogP contribution in [0, 0.1) is 0 Å². The number of rotatable bonds is 2. The van der Waals surface area contributed by atoms with E-state index >= 15 is 0 Å². The molecule has 1 N–H and O–H groups in total. The van der Waals surface area contributed by atoms with E-state index < -0.39 is 5.97 Å². The number of hydrogen-bond donors (Lipinski definition) is 1. The molecule has 1 atom stereocenters. The molecule has 0 amide bonds. The molecule has 114 valence electrons. The van der Waals surface area contributed by atoms with Crippen molar-refractivity contribution >= 4 is 16.7 Å². The lowest BCUT2D eigenvalue weighted by Crippen LogP contribution is -2.43. The van der Waals surface area contributed by atoms with Gasteiger partial charge in [-0.2, -0.15) is 0 Å². The zero-order valence-corrected chi connectivity index (χ0v) is 12.4. The lowest BCUT2D eigenvalue weighted by molar-refractivity contribution is -0.138. The molecule has 2 aliphatic rings. The highest BCUT2D eigenvalue weighted by atomic mass is 16.5. The van der Waals surface area contributed by atoms with E-state index in [2.05, 4.69) is 24.3 Å². The lowest BCUT2D eigenvalue weighted by Gasteiger charge is -2.36. The molecule has 2 aliphatic heterocycles. The Balaban J connectivity index is 1.66. The summed E-state index contributed by atoms with van der Waals surface area (Å²) in [5, 5.41) is 11.3. The molecule has 4 nitrogen and oxygen atoms in total. The molecule has 2 aromatic carbocycles.